The topological polar surface area (TPSA) is 95.9 Å². The first-order chi connectivity index (χ1) is 17.3. The molecule has 4 aromatic rings. The molecule has 1 N–H and O–H groups in total. The van der Waals surface area contributed by atoms with E-state index in [1.165, 1.54) is 27.5 Å². The van der Waals surface area contributed by atoms with Gasteiger partial charge in [0.05, 0.1) is 43.5 Å². The van der Waals surface area contributed by atoms with Crippen molar-refractivity contribution in [3.8, 4) is 17.2 Å². The number of fused-ring (bicyclic) bond motifs is 1. The van der Waals surface area contributed by atoms with Crippen LogP contribution in [0.4, 0.5) is 5.69 Å². The van der Waals surface area contributed by atoms with E-state index in [1.54, 1.807) is 65.2 Å². The number of anilines is 1. The highest BCUT2D eigenvalue weighted by Gasteiger charge is 2.19. The number of nitrogens with one attached hydrogen (secondary N) is 1. The van der Waals surface area contributed by atoms with Gasteiger partial charge < -0.3 is 24.1 Å². The Morgan fingerprint density at radius 2 is 1.56 bits per heavy atom. The SMILES string of the molecule is COc1ccc(NC(=O)Cn2cc(C(=O)c3ccc(Cl)cc3)c(=O)c3cc(OC)ccc32)c(OC)c1. The molecule has 0 fully saturated rings. The summed E-state index contributed by atoms with van der Waals surface area (Å²) in [4.78, 5) is 39.6. The molecule has 36 heavy (non-hydrogen) atoms. The van der Waals surface area contributed by atoms with Crippen molar-refractivity contribution in [3.63, 3.8) is 0 Å². The predicted molar refractivity (Wildman–Crippen MR) is 138 cm³/mol. The molecular formula is C27H23ClN2O6. The number of hydrogen-bond acceptors (Lipinski definition) is 6. The highest BCUT2D eigenvalue weighted by molar-refractivity contribution is 6.30. The molecule has 0 aliphatic carbocycles. The molecule has 1 aromatic heterocycles. The van der Waals surface area contributed by atoms with Gasteiger partial charge in [-0.2, -0.15) is 0 Å². The van der Waals surface area contributed by atoms with Gasteiger partial charge in [-0.3, -0.25) is 14.4 Å². The predicted octanol–water partition coefficient (Wildman–Crippen LogP) is 4.55. The normalized spacial score (nSPS) is 10.7. The first kappa shape index (κ1) is 24.8. The van der Waals surface area contributed by atoms with E-state index < -0.39 is 11.2 Å². The van der Waals surface area contributed by atoms with Crippen LogP contribution in [-0.4, -0.2) is 37.6 Å². The van der Waals surface area contributed by atoms with Gasteiger partial charge in [-0.25, -0.2) is 0 Å². The highest BCUT2D eigenvalue weighted by Crippen LogP contribution is 2.29. The minimum atomic E-state index is -0.479. The van der Waals surface area contributed by atoms with Crippen molar-refractivity contribution in [2.75, 3.05) is 26.6 Å². The molecule has 1 amide bonds. The Bertz CT molecular complexity index is 1510. The van der Waals surface area contributed by atoms with Crippen LogP contribution in [0.3, 0.4) is 0 Å². The molecule has 3 aromatic carbocycles. The Kier molecular flexibility index (Phi) is 7.26. The Hall–Kier alpha value is -4.30. The lowest BCUT2D eigenvalue weighted by atomic mass is 10.0. The Morgan fingerprint density at radius 3 is 2.22 bits per heavy atom. The molecule has 0 spiro atoms. The van der Waals surface area contributed by atoms with Crippen LogP contribution in [0.1, 0.15) is 15.9 Å². The van der Waals surface area contributed by atoms with Crippen molar-refractivity contribution in [1.29, 1.82) is 0 Å². The van der Waals surface area contributed by atoms with Crippen LogP contribution in [0, 0.1) is 0 Å². The van der Waals surface area contributed by atoms with E-state index in [-0.39, 0.29) is 23.4 Å². The number of ether oxygens (including phenoxy) is 3. The fourth-order valence-corrected chi connectivity index (χ4v) is 3.93. The maximum atomic E-state index is 13.3. The van der Waals surface area contributed by atoms with Crippen molar-refractivity contribution >= 4 is 39.9 Å². The largest absolute Gasteiger partial charge is 0.497 e. The maximum Gasteiger partial charge on any atom is 0.244 e. The monoisotopic (exact) mass is 506 g/mol. The van der Waals surface area contributed by atoms with Crippen LogP contribution in [-0.2, 0) is 11.3 Å². The molecule has 1 heterocycles. The Morgan fingerprint density at radius 1 is 0.889 bits per heavy atom. The average molecular weight is 507 g/mol. The molecule has 0 atom stereocenters. The van der Waals surface area contributed by atoms with Crippen LogP contribution in [0.2, 0.25) is 5.02 Å². The summed E-state index contributed by atoms with van der Waals surface area (Å²) in [6.07, 6.45) is 1.40. The van der Waals surface area contributed by atoms with Crippen LogP contribution < -0.4 is 25.0 Å². The summed E-state index contributed by atoms with van der Waals surface area (Å²) in [6, 6.07) is 16.2. The number of amides is 1. The molecule has 8 nitrogen and oxygen atoms in total. The molecule has 9 heteroatoms. The second kappa shape index (κ2) is 10.5. The van der Waals surface area contributed by atoms with Crippen LogP contribution >= 0.6 is 11.6 Å². The van der Waals surface area contributed by atoms with E-state index in [1.807, 2.05) is 0 Å². The zero-order valence-corrected chi connectivity index (χ0v) is 20.6. The van der Waals surface area contributed by atoms with Crippen LogP contribution in [0.15, 0.2) is 71.7 Å². The molecule has 0 saturated heterocycles. The molecule has 0 saturated carbocycles. The number of rotatable bonds is 8. The summed E-state index contributed by atoms with van der Waals surface area (Å²) in [5.74, 6) is 0.595. The van der Waals surface area contributed by atoms with Gasteiger partial charge in [0.25, 0.3) is 0 Å². The number of carbonyl (C=O) groups excluding carboxylic acids is 2. The second-order valence-corrected chi connectivity index (χ2v) is 8.27. The molecule has 0 aliphatic heterocycles. The summed E-state index contributed by atoms with van der Waals surface area (Å²) in [6.45, 7) is -0.167. The van der Waals surface area contributed by atoms with Crippen molar-refractivity contribution in [2.45, 2.75) is 6.54 Å². The number of carbonyl (C=O) groups is 2. The van der Waals surface area contributed by atoms with Crippen molar-refractivity contribution < 1.29 is 23.8 Å². The summed E-state index contributed by atoms with van der Waals surface area (Å²) in [5.41, 5.74) is 0.695. The van der Waals surface area contributed by atoms with Gasteiger partial charge in [0.15, 0.2) is 5.78 Å². The van der Waals surface area contributed by atoms with Crippen molar-refractivity contribution in [1.82, 2.24) is 4.57 Å². The zero-order chi connectivity index (χ0) is 25.8. The van der Waals surface area contributed by atoms with E-state index >= 15 is 0 Å². The third-order valence-electron chi connectivity index (χ3n) is 5.64. The van der Waals surface area contributed by atoms with Gasteiger partial charge >= 0.3 is 0 Å². The number of methoxy groups -OCH3 is 3. The van der Waals surface area contributed by atoms with Crippen molar-refractivity contribution in [3.05, 3.63) is 93.2 Å². The number of nitrogens with zero attached hydrogens (tertiary/aromatic N) is 1. The number of pyridine rings is 1. The minimum Gasteiger partial charge on any atom is -0.497 e. The number of aromatic nitrogens is 1. The van der Waals surface area contributed by atoms with E-state index in [9.17, 15) is 14.4 Å². The number of halogens is 1. The maximum absolute atomic E-state index is 13.3. The van der Waals surface area contributed by atoms with Gasteiger partial charge in [0.2, 0.25) is 11.3 Å². The van der Waals surface area contributed by atoms with Gasteiger partial charge in [-0.05, 0) is 54.6 Å². The average Bonchev–Trinajstić information content (AvgIpc) is 2.90. The quantitative estimate of drug-likeness (QED) is 0.352. The molecule has 0 aliphatic rings. The first-order valence-electron chi connectivity index (χ1n) is 10.9. The van der Waals surface area contributed by atoms with Crippen LogP contribution in [0.25, 0.3) is 10.9 Å². The molecule has 0 radical (unpaired) electrons. The number of benzene rings is 3. The van der Waals surface area contributed by atoms with Gasteiger partial charge in [0.1, 0.15) is 23.8 Å². The summed E-state index contributed by atoms with van der Waals surface area (Å²) >= 11 is 5.94. The Labute approximate surface area is 212 Å². The molecule has 0 bridgehead atoms. The Balaban J connectivity index is 1.75. The van der Waals surface area contributed by atoms with Gasteiger partial charge in [-0.15, -0.1) is 0 Å². The lowest BCUT2D eigenvalue weighted by molar-refractivity contribution is -0.116. The van der Waals surface area contributed by atoms with Crippen molar-refractivity contribution in [2.24, 2.45) is 0 Å². The summed E-state index contributed by atoms with van der Waals surface area (Å²) in [7, 11) is 4.51. The lowest BCUT2D eigenvalue weighted by Gasteiger charge is -2.15. The summed E-state index contributed by atoms with van der Waals surface area (Å²) < 4.78 is 17.4. The lowest BCUT2D eigenvalue weighted by Crippen LogP contribution is -2.24. The molecule has 0 unspecified atom stereocenters. The third kappa shape index (κ3) is 5.04. The first-order valence-corrected chi connectivity index (χ1v) is 11.3. The van der Waals surface area contributed by atoms with Crippen LogP contribution in [0.5, 0.6) is 17.2 Å². The van der Waals surface area contributed by atoms with E-state index in [0.29, 0.717) is 39.0 Å². The van der Waals surface area contributed by atoms with E-state index in [2.05, 4.69) is 5.32 Å². The number of ketones is 1. The van der Waals surface area contributed by atoms with Gasteiger partial charge in [-0.1, -0.05) is 11.6 Å². The van der Waals surface area contributed by atoms with E-state index in [4.69, 9.17) is 25.8 Å². The second-order valence-electron chi connectivity index (χ2n) is 7.83. The molecule has 4 rings (SSSR count). The molecule has 184 valence electrons. The number of hydrogen-bond donors (Lipinski definition) is 1. The summed E-state index contributed by atoms with van der Waals surface area (Å²) in [5, 5.41) is 3.53. The zero-order valence-electron chi connectivity index (χ0n) is 19.8. The fraction of sp³-hybridized carbons (Fsp3) is 0.148. The molecular weight excluding hydrogens is 484 g/mol. The van der Waals surface area contributed by atoms with E-state index in [0.717, 1.165) is 0 Å². The minimum absolute atomic E-state index is 0.0760. The fourth-order valence-electron chi connectivity index (χ4n) is 3.80. The third-order valence-corrected chi connectivity index (χ3v) is 5.89. The highest BCUT2D eigenvalue weighted by atomic mass is 35.5. The smallest absolute Gasteiger partial charge is 0.244 e. The standard InChI is InChI=1S/C27H23ClN2O6/c1-34-18-9-11-23-20(12-18)27(33)21(26(32)16-4-6-17(28)7-5-16)14-30(23)15-25(31)29-22-10-8-19(35-2)13-24(22)36-3/h4-14H,15H2,1-3H3,(H,29,31). The van der Waals surface area contributed by atoms with Gasteiger partial charge in [0, 0.05) is 22.8 Å².